The Morgan fingerprint density at radius 1 is 1.10 bits per heavy atom. The van der Waals surface area contributed by atoms with Crippen molar-refractivity contribution in [2.45, 2.75) is 6.18 Å². The van der Waals surface area contributed by atoms with Crippen molar-refractivity contribution >= 4 is 27.3 Å². The molecule has 11 heteroatoms. The summed E-state index contributed by atoms with van der Waals surface area (Å²) < 4.78 is 44.8. The second kappa shape index (κ2) is 7.51. The van der Waals surface area contributed by atoms with Crippen LogP contribution in [0, 0.1) is 0 Å². The van der Waals surface area contributed by atoms with Gasteiger partial charge in [-0.1, -0.05) is 47.7 Å². The summed E-state index contributed by atoms with van der Waals surface area (Å²) in [4.78, 5) is 12.6. The Morgan fingerprint density at radius 2 is 1.90 bits per heavy atom. The van der Waals surface area contributed by atoms with Crippen molar-refractivity contribution in [2.75, 3.05) is 11.9 Å². The smallest absolute Gasteiger partial charge is 0.416 e. The van der Waals surface area contributed by atoms with Gasteiger partial charge in [-0.3, -0.25) is 10.1 Å². The number of carbonyl (C=O) groups excluding carboxylic acids is 1. The van der Waals surface area contributed by atoms with E-state index in [0.717, 1.165) is 29.0 Å². The van der Waals surface area contributed by atoms with Crippen molar-refractivity contribution in [1.29, 1.82) is 0 Å². The van der Waals surface area contributed by atoms with Crippen LogP contribution in [0.5, 0.6) is 5.75 Å². The molecule has 2 aromatic carbocycles. The molecule has 7 nitrogen and oxygen atoms in total. The molecule has 0 saturated carbocycles. The Bertz CT molecular complexity index is 1160. The second-order valence-electron chi connectivity index (χ2n) is 5.85. The van der Waals surface area contributed by atoms with Crippen LogP contribution >= 0.6 is 11.3 Å². The molecule has 29 heavy (non-hydrogen) atoms. The van der Waals surface area contributed by atoms with Crippen molar-refractivity contribution in [3.8, 4) is 17.1 Å². The number of anilines is 1. The molecular formula is C18H12F3N5O2S. The number of fused-ring (bicyclic) bond motifs is 1. The van der Waals surface area contributed by atoms with Crippen LogP contribution in [-0.4, -0.2) is 32.3 Å². The Hall–Kier alpha value is -3.47. The van der Waals surface area contributed by atoms with Gasteiger partial charge in [0.15, 0.2) is 12.4 Å². The number of alkyl halides is 3. The van der Waals surface area contributed by atoms with Gasteiger partial charge in [-0.2, -0.15) is 17.7 Å². The number of carbonyl (C=O) groups is 1. The van der Waals surface area contributed by atoms with Crippen molar-refractivity contribution in [3.05, 3.63) is 60.2 Å². The summed E-state index contributed by atoms with van der Waals surface area (Å²) in [5, 5.41) is 15.2. The summed E-state index contributed by atoms with van der Waals surface area (Å²) in [5.74, 6) is -0.0920. The predicted molar refractivity (Wildman–Crippen MR) is 99.7 cm³/mol. The molecule has 0 saturated heterocycles. The molecule has 0 spiro atoms. The molecule has 0 atom stereocenters. The third-order valence-corrected chi connectivity index (χ3v) is 4.61. The molecule has 0 aliphatic heterocycles. The van der Waals surface area contributed by atoms with Gasteiger partial charge in [-0.25, -0.2) is 0 Å². The minimum atomic E-state index is -4.48. The van der Waals surface area contributed by atoms with Crippen LogP contribution < -0.4 is 10.1 Å². The standard InChI is InChI=1S/C18H12F3N5O2S/c19-18(20,21)12-7-4-8-13(9-12)28-10-14(27)22-16-25-26-15(23-24-17(26)29-16)11-5-2-1-3-6-11/h1-9H,10H2,(H,22,25,27). The minimum Gasteiger partial charge on any atom is -0.484 e. The van der Waals surface area contributed by atoms with E-state index in [4.69, 9.17) is 4.74 Å². The third-order valence-electron chi connectivity index (χ3n) is 3.80. The Morgan fingerprint density at radius 3 is 2.66 bits per heavy atom. The van der Waals surface area contributed by atoms with Gasteiger partial charge in [0, 0.05) is 5.56 Å². The summed E-state index contributed by atoms with van der Waals surface area (Å²) in [5.41, 5.74) is -0.0337. The molecule has 1 N–H and O–H groups in total. The van der Waals surface area contributed by atoms with Crippen LogP contribution in [0.2, 0.25) is 0 Å². The second-order valence-corrected chi connectivity index (χ2v) is 6.81. The fraction of sp³-hybridized carbons (Fsp3) is 0.111. The average molecular weight is 419 g/mol. The van der Waals surface area contributed by atoms with Gasteiger partial charge in [0.2, 0.25) is 10.1 Å². The Labute approximate surface area is 165 Å². The molecule has 1 amide bonds. The van der Waals surface area contributed by atoms with Gasteiger partial charge in [0.05, 0.1) is 5.56 Å². The fourth-order valence-corrected chi connectivity index (χ4v) is 3.26. The summed E-state index contributed by atoms with van der Waals surface area (Å²) in [7, 11) is 0. The number of aromatic nitrogens is 4. The first-order chi connectivity index (χ1) is 13.9. The quantitative estimate of drug-likeness (QED) is 0.531. The SMILES string of the molecule is O=C(COc1cccc(C(F)(F)F)c1)Nc1nn2c(-c3ccccc3)nnc2s1. The fourth-order valence-electron chi connectivity index (χ4n) is 2.50. The summed E-state index contributed by atoms with van der Waals surface area (Å²) in [6.45, 7) is -0.465. The zero-order valence-electron chi connectivity index (χ0n) is 14.6. The van der Waals surface area contributed by atoms with Crippen molar-refractivity contribution in [2.24, 2.45) is 0 Å². The summed E-state index contributed by atoms with van der Waals surface area (Å²) in [6.07, 6.45) is -4.48. The molecule has 0 radical (unpaired) electrons. The van der Waals surface area contributed by atoms with E-state index in [9.17, 15) is 18.0 Å². The number of benzene rings is 2. The van der Waals surface area contributed by atoms with E-state index in [2.05, 4.69) is 20.6 Å². The zero-order chi connectivity index (χ0) is 20.4. The van der Waals surface area contributed by atoms with E-state index in [1.807, 2.05) is 30.3 Å². The number of hydrogen-bond donors (Lipinski definition) is 1. The van der Waals surface area contributed by atoms with Crippen LogP contribution in [-0.2, 0) is 11.0 Å². The van der Waals surface area contributed by atoms with E-state index in [0.29, 0.717) is 10.8 Å². The average Bonchev–Trinajstić information content (AvgIpc) is 3.27. The van der Waals surface area contributed by atoms with E-state index >= 15 is 0 Å². The van der Waals surface area contributed by atoms with Crippen molar-refractivity contribution in [1.82, 2.24) is 19.8 Å². The number of hydrogen-bond acceptors (Lipinski definition) is 6. The van der Waals surface area contributed by atoms with Crippen LogP contribution in [0.1, 0.15) is 5.56 Å². The maximum Gasteiger partial charge on any atom is 0.416 e. The molecule has 4 rings (SSSR count). The summed E-state index contributed by atoms with van der Waals surface area (Å²) in [6, 6.07) is 13.6. The first kappa shape index (κ1) is 18.9. The Balaban J connectivity index is 1.43. The molecule has 0 aliphatic rings. The Kier molecular flexibility index (Phi) is 4.89. The molecule has 4 aromatic rings. The van der Waals surface area contributed by atoms with E-state index in [1.165, 1.54) is 16.6 Å². The number of rotatable bonds is 5. The van der Waals surface area contributed by atoms with Crippen molar-refractivity contribution in [3.63, 3.8) is 0 Å². The van der Waals surface area contributed by atoms with E-state index < -0.39 is 24.3 Å². The molecule has 2 heterocycles. The van der Waals surface area contributed by atoms with Crippen LogP contribution in [0.15, 0.2) is 54.6 Å². The molecule has 0 fully saturated rings. The topological polar surface area (TPSA) is 81.4 Å². The van der Waals surface area contributed by atoms with Crippen LogP contribution in [0.25, 0.3) is 16.3 Å². The van der Waals surface area contributed by atoms with E-state index in [1.54, 1.807) is 0 Å². The lowest BCUT2D eigenvalue weighted by atomic mass is 10.2. The minimum absolute atomic E-state index is 0.0560. The number of nitrogens with one attached hydrogen (secondary N) is 1. The van der Waals surface area contributed by atoms with Crippen molar-refractivity contribution < 1.29 is 22.7 Å². The van der Waals surface area contributed by atoms with Gasteiger partial charge in [-0.05, 0) is 18.2 Å². The largest absolute Gasteiger partial charge is 0.484 e. The number of halogens is 3. The lowest BCUT2D eigenvalue weighted by Gasteiger charge is -2.09. The van der Waals surface area contributed by atoms with Gasteiger partial charge >= 0.3 is 6.18 Å². The van der Waals surface area contributed by atoms with Crippen LogP contribution in [0.4, 0.5) is 18.3 Å². The molecule has 2 aromatic heterocycles. The van der Waals surface area contributed by atoms with Gasteiger partial charge in [0.25, 0.3) is 5.91 Å². The maximum atomic E-state index is 12.7. The highest BCUT2D eigenvalue weighted by molar-refractivity contribution is 7.20. The van der Waals surface area contributed by atoms with Gasteiger partial charge < -0.3 is 4.74 Å². The highest BCUT2D eigenvalue weighted by atomic mass is 32.1. The van der Waals surface area contributed by atoms with Gasteiger partial charge in [0.1, 0.15) is 5.75 Å². The highest BCUT2D eigenvalue weighted by Crippen LogP contribution is 2.31. The third kappa shape index (κ3) is 4.19. The molecule has 0 bridgehead atoms. The summed E-state index contributed by atoms with van der Waals surface area (Å²) >= 11 is 1.11. The molecular weight excluding hydrogens is 407 g/mol. The first-order valence-electron chi connectivity index (χ1n) is 8.28. The first-order valence-corrected chi connectivity index (χ1v) is 9.09. The lowest BCUT2D eigenvalue weighted by Crippen LogP contribution is -2.20. The predicted octanol–water partition coefficient (Wildman–Crippen LogP) is 3.89. The highest BCUT2D eigenvalue weighted by Gasteiger charge is 2.30. The molecule has 0 unspecified atom stereocenters. The zero-order valence-corrected chi connectivity index (χ0v) is 15.4. The maximum absolute atomic E-state index is 12.7. The molecule has 0 aliphatic carbocycles. The van der Waals surface area contributed by atoms with E-state index in [-0.39, 0.29) is 10.9 Å². The van der Waals surface area contributed by atoms with Gasteiger partial charge in [-0.15, -0.1) is 15.3 Å². The molecule has 148 valence electrons. The van der Waals surface area contributed by atoms with Crippen LogP contribution in [0.3, 0.4) is 0 Å². The number of ether oxygens (including phenoxy) is 1. The normalized spacial score (nSPS) is 11.6. The number of nitrogens with zero attached hydrogens (tertiary/aromatic N) is 4. The lowest BCUT2D eigenvalue weighted by molar-refractivity contribution is -0.137. The number of amides is 1. The monoisotopic (exact) mass is 419 g/mol.